The molecule has 0 aliphatic heterocycles. The molecule has 0 aromatic carbocycles. The molecule has 2 heteroatoms. The zero-order valence-corrected chi connectivity index (χ0v) is 11.2. The van der Waals surface area contributed by atoms with Gasteiger partial charge in [-0.2, -0.15) is 0 Å². The fraction of sp³-hybridized carbons (Fsp3) is 0.615. The van der Waals surface area contributed by atoms with Crippen LogP contribution in [0.2, 0.25) is 0 Å². The van der Waals surface area contributed by atoms with E-state index in [-0.39, 0.29) is 0 Å². The molecule has 0 spiro atoms. The fourth-order valence-corrected chi connectivity index (χ4v) is 0.854. The number of methoxy groups -OCH3 is 1. The summed E-state index contributed by atoms with van der Waals surface area (Å²) in [6, 6.07) is 3.92. The summed E-state index contributed by atoms with van der Waals surface area (Å²) in [7, 11) is 1.62. The maximum Gasteiger partial charge on any atom is 0.212 e. The molecule has 0 aliphatic rings. The molecule has 0 fully saturated rings. The maximum absolute atomic E-state index is 4.94. The second kappa shape index (κ2) is 11.0. The largest absolute Gasteiger partial charge is 0.481 e. The summed E-state index contributed by atoms with van der Waals surface area (Å²) in [6.07, 6.45) is 1.85. The Kier molecular flexibility index (Phi) is 12.0. The average molecular weight is 211 g/mol. The minimum Gasteiger partial charge on any atom is -0.481 e. The molecule has 0 bridgehead atoms. The van der Waals surface area contributed by atoms with E-state index in [1.165, 1.54) is 5.56 Å². The van der Waals surface area contributed by atoms with Gasteiger partial charge in [-0.05, 0) is 11.5 Å². The number of hydrogen-bond donors (Lipinski definition) is 0. The van der Waals surface area contributed by atoms with Crippen LogP contribution in [0, 0.1) is 0 Å². The van der Waals surface area contributed by atoms with Crippen molar-refractivity contribution >= 4 is 0 Å². The van der Waals surface area contributed by atoms with Crippen molar-refractivity contribution in [2.45, 2.75) is 47.5 Å². The molecule has 88 valence electrons. The molecule has 0 radical (unpaired) electrons. The van der Waals surface area contributed by atoms with Crippen LogP contribution >= 0.6 is 0 Å². The van der Waals surface area contributed by atoms with Crippen LogP contribution in [0.15, 0.2) is 18.3 Å². The van der Waals surface area contributed by atoms with Crippen molar-refractivity contribution in [3.05, 3.63) is 23.9 Å². The standard InChI is InChI=1S/C9H13NO.2C2H6/c1-7(2)8-4-5-9(11-3)10-6-8;2*1-2/h4-7H,1-3H3;2*1-2H3. The molecule has 1 aromatic heterocycles. The van der Waals surface area contributed by atoms with E-state index in [1.807, 2.05) is 46.0 Å². The highest BCUT2D eigenvalue weighted by Gasteiger charge is 1.98. The SMILES string of the molecule is CC.CC.COc1ccc(C(C)C)cn1. The molecule has 0 saturated heterocycles. The van der Waals surface area contributed by atoms with Crippen LogP contribution in [0.4, 0.5) is 0 Å². The molecular formula is C13H25NO. The Bertz CT molecular complexity index is 216. The minimum atomic E-state index is 0.536. The van der Waals surface area contributed by atoms with Gasteiger partial charge in [-0.1, -0.05) is 47.6 Å². The van der Waals surface area contributed by atoms with Crippen molar-refractivity contribution in [3.8, 4) is 5.88 Å². The van der Waals surface area contributed by atoms with Gasteiger partial charge >= 0.3 is 0 Å². The van der Waals surface area contributed by atoms with Crippen molar-refractivity contribution in [1.29, 1.82) is 0 Å². The van der Waals surface area contributed by atoms with Crippen molar-refractivity contribution in [2.75, 3.05) is 7.11 Å². The quantitative estimate of drug-likeness (QED) is 0.729. The van der Waals surface area contributed by atoms with Gasteiger partial charge in [0.15, 0.2) is 0 Å². The first-order valence-electron chi connectivity index (χ1n) is 5.74. The van der Waals surface area contributed by atoms with Gasteiger partial charge in [0.25, 0.3) is 0 Å². The first-order valence-corrected chi connectivity index (χ1v) is 5.74. The summed E-state index contributed by atoms with van der Waals surface area (Å²) in [5, 5.41) is 0. The number of aromatic nitrogens is 1. The molecule has 0 aliphatic carbocycles. The summed E-state index contributed by atoms with van der Waals surface area (Å²) >= 11 is 0. The van der Waals surface area contributed by atoms with Gasteiger partial charge in [-0.25, -0.2) is 4.98 Å². The zero-order chi connectivity index (χ0) is 12.3. The number of hydrogen-bond acceptors (Lipinski definition) is 2. The molecule has 0 atom stereocenters. The number of pyridine rings is 1. The Morgan fingerprint density at radius 1 is 1.07 bits per heavy atom. The van der Waals surface area contributed by atoms with Gasteiger partial charge < -0.3 is 4.74 Å². The highest BCUT2D eigenvalue weighted by molar-refractivity contribution is 5.19. The van der Waals surface area contributed by atoms with Crippen molar-refractivity contribution < 1.29 is 4.74 Å². The van der Waals surface area contributed by atoms with Gasteiger partial charge in [0, 0.05) is 12.3 Å². The predicted octanol–water partition coefficient (Wildman–Crippen LogP) is 4.27. The van der Waals surface area contributed by atoms with Crippen LogP contribution in [0.3, 0.4) is 0 Å². The maximum atomic E-state index is 4.94. The van der Waals surface area contributed by atoms with Crippen LogP contribution < -0.4 is 4.74 Å². The van der Waals surface area contributed by atoms with E-state index in [4.69, 9.17) is 4.74 Å². The highest BCUT2D eigenvalue weighted by Crippen LogP contribution is 2.14. The lowest BCUT2D eigenvalue weighted by Gasteiger charge is -2.04. The van der Waals surface area contributed by atoms with Gasteiger partial charge in [-0.3, -0.25) is 0 Å². The lowest BCUT2D eigenvalue weighted by molar-refractivity contribution is 0.397. The molecule has 1 aromatic rings. The van der Waals surface area contributed by atoms with Crippen molar-refractivity contribution in [1.82, 2.24) is 4.98 Å². The first-order chi connectivity index (χ1) is 7.24. The summed E-state index contributed by atoms with van der Waals surface area (Å²) in [6.45, 7) is 12.3. The van der Waals surface area contributed by atoms with E-state index in [9.17, 15) is 0 Å². The monoisotopic (exact) mass is 211 g/mol. The number of ether oxygens (including phenoxy) is 1. The Balaban J connectivity index is 0. The van der Waals surface area contributed by atoms with Gasteiger partial charge in [-0.15, -0.1) is 0 Å². The molecule has 0 amide bonds. The van der Waals surface area contributed by atoms with Gasteiger partial charge in [0.05, 0.1) is 7.11 Å². The lowest BCUT2D eigenvalue weighted by atomic mass is 10.1. The molecule has 2 nitrogen and oxygen atoms in total. The second-order valence-electron chi connectivity index (χ2n) is 2.79. The lowest BCUT2D eigenvalue weighted by Crippen LogP contribution is -1.91. The van der Waals surface area contributed by atoms with Gasteiger partial charge in [0.2, 0.25) is 5.88 Å². The molecule has 0 N–H and O–H groups in total. The smallest absolute Gasteiger partial charge is 0.212 e. The fourth-order valence-electron chi connectivity index (χ4n) is 0.854. The van der Waals surface area contributed by atoms with E-state index in [2.05, 4.69) is 18.8 Å². The first kappa shape index (κ1) is 16.4. The number of rotatable bonds is 2. The summed E-state index contributed by atoms with van der Waals surface area (Å²) in [5.74, 6) is 1.21. The van der Waals surface area contributed by atoms with Crippen molar-refractivity contribution in [2.24, 2.45) is 0 Å². The molecule has 0 saturated carbocycles. The summed E-state index contributed by atoms with van der Waals surface area (Å²) < 4.78 is 4.94. The van der Waals surface area contributed by atoms with Crippen molar-refractivity contribution in [3.63, 3.8) is 0 Å². The Hall–Kier alpha value is -1.05. The number of nitrogens with zero attached hydrogens (tertiary/aromatic N) is 1. The second-order valence-corrected chi connectivity index (χ2v) is 2.79. The molecule has 0 unspecified atom stereocenters. The minimum absolute atomic E-state index is 0.536. The zero-order valence-electron chi connectivity index (χ0n) is 11.2. The van der Waals surface area contributed by atoms with Crippen LogP contribution in [-0.4, -0.2) is 12.1 Å². The normalized spacial score (nSPS) is 8.27. The van der Waals surface area contributed by atoms with Crippen LogP contribution in [0.1, 0.15) is 53.0 Å². The van der Waals surface area contributed by atoms with E-state index < -0.39 is 0 Å². The molecule has 15 heavy (non-hydrogen) atoms. The summed E-state index contributed by atoms with van der Waals surface area (Å²) in [4.78, 5) is 4.10. The topological polar surface area (TPSA) is 22.1 Å². The van der Waals surface area contributed by atoms with E-state index in [1.54, 1.807) is 7.11 Å². The third-order valence-electron chi connectivity index (χ3n) is 1.64. The highest BCUT2D eigenvalue weighted by atomic mass is 16.5. The van der Waals surface area contributed by atoms with Crippen LogP contribution in [0.5, 0.6) is 5.88 Å². The summed E-state index contributed by atoms with van der Waals surface area (Å²) in [5.41, 5.74) is 1.24. The predicted molar refractivity (Wildman–Crippen MR) is 67.6 cm³/mol. The Morgan fingerprint density at radius 2 is 1.60 bits per heavy atom. The molecule has 1 heterocycles. The Morgan fingerprint density at radius 3 is 1.87 bits per heavy atom. The molecule has 1 rings (SSSR count). The van der Waals surface area contributed by atoms with E-state index >= 15 is 0 Å². The third kappa shape index (κ3) is 6.95. The third-order valence-corrected chi connectivity index (χ3v) is 1.64. The van der Waals surface area contributed by atoms with E-state index in [0.717, 1.165) is 0 Å². The van der Waals surface area contributed by atoms with Crippen LogP contribution in [0.25, 0.3) is 0 Å². The Labute approximate surface area is 94.7 Å². The average Bonchev–Trinajstić information content (AvgIpc) is 2.34. The van der Waals surface area contributed by atoms with Crippen LogP contribution in [-0.2, 0) is 0 Å². The molecular weight excluding hydrogens is 186 g/mol. The van der Waals surface area contributed by atoms with Gasteiger partial charge in [0.1, 0.15) is 0 Å². The van der Waals surface area contributed by atoms with E-state index in [0.29, 0.717) is 11.8 Å².